The molecule has 1 aromatic rings. The fraction of sp³-hybridized carbons (Fsp3) is 0.600. The topological polar surface area (TPSA) is 21.3 Å². The number of ether oxygens (including phenoxy) is 1. The monoisotopic (exact) mass is 269 g/mol. The highest BCUT2D eigenvalue weighted by Gasteiger charge is 2.05. The van der Waals surface area contributed by atoms with Crippen LogP contribution in [0.5, 0.6) is 5.75 Å². The van der Waals surface area contributed by atoms with Gasteiger partial charge in [-0.05, 0) is 43.4 Å². The van der Waals surface area contributed by atoms with Gasteiger partial charge in [0.2, 0.25) is 0 Å². The number of rotatable bonds is 7. The van der Waals surface area contributed by atoms with Gasteiger partial charge in [0.25, 0.3) is 0 Å². The zero-order valence-corrected chi connectivity index (χ0v) is 12.6. The lowest BCUT2D eigenvalue weighted by molar-refractivity contribution is 0.414. The Hall–Kier alpha value is -0.730. The molecule has 1 rings (SSSR count). The minimum Gasteiger partial charge on any atom is -0.495 e. The van der Waals surface area contributed by atoms with Crippen molar-refractivity contribution in [2.75, 3.05) is 7.11 Å². The van der Waals surface area contributed by atoms with Crippen LogP contribution in [0.3, 0.4) is 0 Å². The number of hydrogen-bond donors (Lipinski definition) is 1. The van der Waals surface area contributed by atoms with Crippen LogP contribution in [-0.2, 0) is 6.54 Å². The molecule has 0 aliphatic rings. The minimum atomic E-state index is 0.535. The van der Waals surface area contributed by atoms with E-state index < -0.39 is 0 Å². The van der Waals surface area contributed by atoms with E-state index in [0.717, 1.165) is 18.2 Å². The molecule has 0 aliphatic carbocycles. The van der Waals surface area contributed by atoms with Crippen molar-refractivity contribution >= 4 is 11.6 Å². The Bertz CT molecular complexity index is 366. The molecule has 0 saturated heterocycles. The van der Waals surface area contributed by atoms with Crippen molar-refractivity contribution in [3.8, 4) is 5.75 Å². The molecule has 0 aromatic heterocycles. The van der Waals surface area contributed by atoms with Gasteiger partial charge in [0.05, 0.1) is 12.1 Å². The minimum absolute atomic E-state index is 0.535. The Morgan fingerprint density at radius 3 is 2.50 bits per heavy atom. The number of hydrogen-bond acceptors (Lipinski definition) is 2. The molecular weight excluding hydrogens is 246 g/mol. The number of benzene rings is 1. The molecule has 18 heavy (non-hydrogen) atoms. The van der Waals surface area contributed by atoms with Crippen molar-refractivity contribution in [1.82, 2.24) is 5.32 Å². The van der Waals surface area contributed by atoms with Gasteiger partial charge in [-0.25, -0.2) is 0 Å². The summed E-state index contributed by atoms with van der Waals surface area (Å²) in [4.78, 5) is 0. The maximum Gasteiger partial charge on any atom is 0.137 e. The molecule has 0 radical (unpaired) electrons. The molecule has 0 saturated carbocycles. The summed E-state index contributed by atoms with van der Waals surface area (Å²) in [6.07, 6.45) is 2.47. The molecule has 0 spiro atoms. The summed E-state index contributed by atoms with van der Waals surface area (Å²) in [6, 6.07) is 6.46. The van der Waals surface area contributed by atoms with Crippen LogP contribution in [0.2, 0.25) is 5.02 Å². The predicted octanol–water partition coefficient (Wildman–Crippen LogP) is 4.26. The molecule has 3 heteroatoms. The van der Waals surface area contributed by atoms with Gasteiger partial charge in [-0.15, -0.1) is 0 Å². The van der Waals surface area contributed by atoms with Crippen LogP contribution < -0.4 is 10.1 Å². The maximum atomic E-state index is 6.09. The second kappa shape index (κ2) is 7.65. The Kier molecular flexibility index (Phi) is 6.51. The van der Waals surface area contributed by atoms with E-state index in [9.17, 15) is 0 Å². The third kappa shape index (κ3) is 5.28. The van der Waals surface area contributed by atoms with Crippen LogP contribution in [0.1, 0.15) is 39.2 Å². The molecule has 0 bridgehead atoms. The summed E-state index contributed by atoms with van der Waals surface area (Å²) in [5, 5.41) is 4.19. The molecule has 2 nitrogen and oxygen atoms in total. The average Bonchev–Trinajstić information content (AvgIpc) is 2.34. The maximum absolute atomic E-state index is 6.09. The van der Waals surface area contributed by atoms with Gasteiger partial charge in [0, 0.05) is 12.6 Å². The predicted molar refractivity (Wildman–Crippen MR) is 78.4 cm³/mol. The van der Waals surface area contributed by atoms with Crippen molar-refractivity contribution in [2.24, 2.45) is 5.92 Å². The summed E-state index contributed by atoms with van der Waals surface area (Å²) < 4.78 is 5.14. The molecular formula is C15H24ClNO. The zero-order valence-electron chi connectivity index (χ0n) is 11.8. The molecule has 0 fully saturated rings. The number of methoxy groups -OCH3 is 1. The van der Waals surface area contributed by atoms with Crippen LogP contribution in [0.25, 0.3) is 0 Å². The summed E-state index contributed by atoms with van der Waals surface area (Å²) in [6.45, 7) is 7.60. The molecule has 1 unspecified atom stereocenters. The van der Waals surface area contributed by atoms with E-state index in [1.165, 1.54) is 18.4 Å². The molecule has 0 heterocycles. The third-order valence-electron chi connectivity index (χ3n) is 3.05. The fourth-order valence-corrected chi connectivity index (χ4v) is 2.08. The highest BCUT2D eigenvalue weighted by atomic mass is 35.5. The molecule has 0 aliphatic heterocycles. The van der Waals surface area contributed by atoms with E-state index in [2.05, 4.69) is 26.1 Å². The quantitative estimate of drug-likeness (QED) is 0.798. The largest absolute Gasteiger partial charge is 0.495 e. The summed E-state index contributed by atoms with van der Waals surface area (Å²) in [5.74, 6) is 1.50. The van der Waals surface area contributed by atoms with E-state index in [4.69, 9.17) is 16.3 Å². The van der Waals surface area contributed by atoms with Crippen LogP contribution in [-0.4, -0.2) is 13.2 Å². The normalized spacial score (nSPS) is 12.8. The molecule has 1 N–H and O–H groups in total. The Morgan fingerprint density at radius 1 is 1.22 bits per heavy atom. The van der Waals surface area contributed by atoms with Crippen molar-refractivity contribution < 1.29 is 4.74 Å². The van der Waals surface area contributed by atoms with Crippen molar-refractivity contribution in [2.45, 2.75) is 46.2 Å². The van der Waals surface area contributed by atoms with Crippen LogP contribution in [0.4, 0.5) is 0 Å². The lowest BCUT2D eigenvalue weighted by Crippen LogP contribution is -2.25. The first-order chi connectivity index (χ1) is 8.52. The number of nitrogens with one attached hydrogen (secondary N) is 1. The van der Waals surface area contributed by atoms with Crippen LogP contribution in [0.15, 0.2) is 18.2 Å². The SMILES string of the molecule is COc1ccc(CNC(C)CCC(C)C)cc1Cl. The second-order valence-electron chi connectivity index (χ2n) is 5.22. The average molecular weight is 270 g/mol. The van der Waals surface area contributed by atoms with Gasteiger partial charge in [0.15, 0.2) is 0 Å². The summed E-state index contributed by atoms with van der Waals surface area (Å²) in [7, 11) is 1.63. The molecule has 0 amide bonds. The van der Waals surface area contributed by atoms with Gasteiger partial charge in [-0.2, -0.15) is 0 Å². The standard InChI is InChI=1S/C15H24ClNO/c1-11(2)5-6-12(3)17-10-13-7-8-15(18-4)14(16)9-13/h7-9,11-12,17H,5-6,10H2,1-4H3. The molecule has 102 valence electrons. The van der Waals surface area contributed by atoms with Gasteiger partial charge in [-0.3, -0.25) is 0 Å². The lowest BCUT2D eigenvalue weighted by atomic mass is 10.0. The molecule has 1 atom stereocenters. The smallest absolute Gasteiger partial charge is 0.137 e. The Morgan fingerprint density at radius 2 is 1.94 bits per heavy atom. The van der Waals surface area contributed by atoms with Crippen LogP contribution >= 0.6 is 11.6 Å². The summed E-state index contributed by atoms with van der Waals surface area (Å²) in [5.41, 5.74) is 1.19. The first kappa shape index (κ1) is 15.3. The van der Waals surface area contributed by atoms with E-state index in [0.29, 0.717) is 11.1 Å². The van der Waals surface area contributed by atoms with E-state index in [1.54, 1.807) is 7.11 Å². The van der Waals surface area contributed by atoms with E-state index >= 15 is 0 Å². The van der Waals surface area contributed by atoms with Crippen LogP contribution in [0, 0.1) is 5.92 Å². The highest BCUT2D eigenvalue weighted by Crippen LogP contribution is 2.24. The Labute approximate surface area is 116 Å². The van der Waals surface area contributed by atoms with Crippen molar-refractivity contribution in [3.05, 3.63) is 28.8 Å². The van der Waals surface area contributed by atoms with E-state index in [1.807, 2.05) is 18.2 Å². The molecule has 1 aromatic carbocycles. The Balaban J connectivity index is 2.41. The summed E-state index contributed by atoms with van der Waals surface area (Å²) >= 11 is 6.09. The van der Waals surface area contributed by atoms with Gasteiger partial charge in [0.1, 0.15) is 5.75 Å². The van der Waals surface area contributed by atoms with Gasteiger partial charge in [-0.1, -0.05) is 31.5 Å². The number of halogens is 1. The second-order valence-corrected chi connectivity index (χ2v) is 5.63. The first-order valence-electron chi connectivity index (χ1n) is 6.58. The lowest BCUT2D eigenvalue weighted by Gasteiger charge is -2.15. The van der Waals surface area contributed by atoms with Crippen molar-refractivity contribution in [1.29, 1.82) is 0 Å². The van der Waals surface area contributed by atoms with Gasteiger partial charge < -0.3 is 10.1 Å². The highest BCUT2D eigenvalue weighted by molar-refractivity contribution is 6.32. The zero-order chi connectivity index (χ0) is 13.5. The van der Waals surface area contributed by atoms with E-state index in [-0.39, 0.29) is 0 Å². The third-order valence-corrected chi connectivity index (χ3v) is 3.34. The fourth-order valence-electron chi connectivity index (χ4n) is 1.80. The first-order valence-corrected chi connectivity index (χ1v) is 6.96. The van der Waals surface area contributed by atoms with Crippen molar-refractivity contribution in [3.63, 3.8) is 0 Å². The van der Waals surface area contributed by atoms with Gasteiger partial charge >= 0.3 is 0 Å².